The summed E-state index contributed by atoms with van der Waals surface area (Å²) in [7, 11) is 1.57. The van der Waals surface area contributed by atoms with Crippen LogP contribution in [0.2, 0.25) is 0 Å². The van der Waals surface area contributed by atoms with Crippen LogP contribution in [0.25, 0.3) is 22.5 Å². The van der Waals surface area contributed by atoms with Crippen molar-refractivity contribution in [2.24, 2.45) is 0 Å². The molecule has 9 nitrogen and oxygen atoms in total. The lowest BCUT2D eigenvalue weighted by molar-refractivity contribution is -0.138. The van der Waals surface area contributed by atoms with Crippen molar-refractivity contribution in [3.8, 4) is 28.3 Å². The lowest BCUT2D eigenvalue weighted by Crippen LogP contribution is -2.23. The molecule has 5 N–H and O–H groups in total. The van der Waals surface area contributed by atoms with E-state index in [0.717, 1.165) is 17.7 Å². The van der Waals surface area contributed by atoms with Gasteiger partial charge in [0.25, 0.3) is 5.91 Å². The quantitative estimate of drug-likeness (QED) is 0.301. The van der Waals surface area contributed by atoms with E-state index in [2.05, 4.69) is 36.0 Å². The Morgan fingerprint density at radius 3 is 2.55 bits per heavy atom. The summed E-state index contributed by atoms with van der Waals surface area (Å²) < 4.78 is 39.9. The van der Waals surface area contributed by atoms with E-state index >= 15 is 0 Å². The molecule has 0 saturated carbocycles. The van der Waals surface area contributed by atoms with Gasteiger partial charge in [-0.05, 0) is 41.5 Å². The van der Waals surface area contributed by atoms with Gasteiger partial charge in [-0.15, -0.1) is 0 Å². The summed E-state index contributed by atoms with van der Waals surface area (Å²) in [4.78, 5) is 16.4. The summed E-state index contributed by atoms with van der Waals surface area (Å²) in [6.07, 6.45) is -1.51. The van der Waals surface area contributed by atoms with Crippen LogP contribution in [0.15, 0.2) is 48.8 Å². The number of carbonyl (C=O) groups is 1. The molecule has 4 rings (SSSR count). The maximum absolute atomic E-state index is 13.3. The van der Waals surface area contributed by atoms with Crippen LogP contribution in [0.5, 0.6) is 5.75 Å². The van der Waals surface area contributed by atoms with Gasteiger partial charge in [-0.3, -0.25) is 20.0 Å². The van der Waals surface area contributed by atoms with Gasteiger partial charge in [0, 0.05) is 26.0 Å². The number of hydrogen-bond acceptors (Lipinski definition) is 6. The molecule has 0 fully saturated rings. The number of halogens is 3. The highest BCUT2D eigenvalue weighted by molar-refractivity contribution is 5.94. The van der Waals surface area contributed by atoms with Gasteiger partial charge in [0.05, 0.1) is 16.8 Å². The number of nitrogens with one attached hydrogen (secondary N) is 4. The van der Waals surface area contributed by atoms with Crippen molar-refractivity contribution in [3.63, 3.8) is 0 Å². The van der Waals surface area contributed by atoms with Crippen LogP contribution in [0.1, 0.15) is 21.6 Å². The van der Waals surface area contributed by atoms with Gasteiger partial charge in [0.2, 0.25) is 0 Å². The second-order valence-electron chi connectivity index (χ2n) is 7.01. The van der Waals surface area contributed by atoms with E-state index in [1.54, 1.807) is 31.6 Å². The van der Waals surface area contributed by atoms with E-state index in [9.17, 15) is 23.1 Å². The second-order valence-corrected chi connectivity index (χ2v) is 7.01. The zero-order chi connectivity index (χ0) is 23.6. The summed E-state index contributed by atoms with van der Waals surface area (Å²) in [6, 6.07) is 8.14. The normalized spacial score (nSPS) is 11.4. The Labute approximate surface area is 185 Å². The highest BCUT2D eigenvalue weighted by atomic mass is 19.4. The number of amides is 1. The third kappa shape index (κ3) is 4.49. The van der Waals surface area contributed by atoms with E-state index in [1.165, 1.54) is 12.1 Å². The first-order valence-corrected chi connectivity index (χ1v) is 9.67. The summed E-state index contributed by atoms with van der Waals surface area (Å²) in [5.41, 5.74) is 0.871. The van der Waals surface area contributed by atoms with Crippen molar-refractivity contribution >= 4 is 11.7 Å². The SMILES string of the molecule is CNc1n[nH]c(-c2cc(C(=O)NCc3ccncc3)[nH]n2)c1-c1ccc(O)c(C(F)(F)F)c1. The fourth-order valence-electron chi connectivity index (χ4n) is 3.25. The Balaban J connectivity index is 1.65. The Morgan fingerprint density at radius 2 is 1.85 bits per heavy atom. The molecule has 3 aromatic heterocycles. The first kappa shape index (κ1) is 21.9. The molecule has 4 aromatic rings. The second kappa shape index (κ2) is 8.65. The topological polar surface area (TPSA) is 132 Å². The largest absolute Gasteiger partial charge is 0.507 e. The van der Waals surface area contributed by atoms with Gasteiger partial charge < -0.3 is 15.7 Å². The third-order valence-electron chi connectivity index (χ3n) is 4.87. The Morgan fingerprint density at radius 1 is 1.09 bits per heavy atom. The maximum Gasteiger partial charge on any atom is 0.419 e. The molecule has 12 heteroatoms. The number of nitrogens with zero attached hydrogens (tertiary/aromatic N) is 3. The van der Waals surface area contributed by atoms with Crippen LogP contribution in [0.4, 0.5) is 19.0 Å². The molecule has 0 radical (unpaired) electrons. The summed E-state index contributed by atoms with van der Waals surface area (Å²) in [6.45, 7) is 0.280. The average Bonchev–Trinajstić information content (AvgIpc) is 3.45. The van der Waals surface area contributed by atoms with Crippen LogP contribution in [-0.4, -0.2) is 43.4 Å². The molecular weight excluding hydrogens is 439 g/mol. The molecule has 0 atom stereocenters. The number of rotatable bonds is 6. The number of phenols is 1. The van der Waals surface area contributed by atoms with E-state index in [1.807, 2.05) is 0 Å². The first-order valence-electron chi connectivity index (χ1n) is 9.67. The van der Waals surface area contributed by atoms with Crippen LogP contribution in [0.3, 0.4) is 0 Å². The predicted octanol–water partition coefficient (Wildman–Crippen LogP) is 3.56. The van der Waals surface area contributed by atoms with E-state index in [0.29, 0.717) is 11.3 Å². The number of aromatic hydroxyl groups is 1. The van der Waals surface area contributed by atoms with Gasteiger partial charge in [0.15, 0.2) is 5.82 Å². The van der Waals surface area contributed by atoms with Crippen molar-refractivity contribution in [3.05, 3.63) is 65.6 Å². The average molecular weight is 457 g/mol. The fourth-order valence-corrected chi connectivity index (χ4v) is 3.25. The zero-order valence-electron chi connectivity index (χ0n) is 17.2. The number of hydrogen-bond donors (Lipinski definition) is 5. The highest BCUT2D eigenvalue weighted by Crippen LogP contribution is 2.41. The number of pyridine rings is 1. The monoisotopic (exact) mass is 457 g/mol. The van der Waals surface area contributed by atoms with Crippen LogP contribution >= 0.6 is 0 Å². The van der Waals surface area contributed by atoms with E-state index < -0.39 is 23.4 Å². The fraction of sp³-hybridized carbons (Fsp3) is 0.143. The van der Waals surface area contributed by atoms with Crippen molar-refractivity contribution < 1.29 is 23.1 Å². The first-order chi connectivity index (χ1) is 15.8. The molecule has 1 aromatic carbocycles. The number of aromatic amines is 2. The Bertz CT molecular complexity index is 1280. The van der Waals surface area contributed by atoms with Gasteiger partial charge in [-0.1, -0.05) is 6.07 Å². The number of aromatic nitrogens is 5. The molecule has 0 spiro atoms. The minimum Gasteiger partial charge on any atom is -0.507 e. The number of anilines is 1. The summed E-state index contributed by atoms with van der Waals surface area (Å²) >= 11 is 0. The lowest BCUT2D eigenvalue weighted by Gasteiger charge is -2.12. The van der Waals surface area contributed by atoms with Gasteiger partial charge in [0.1, 0.15) is 17.1 Å². The van der Waals surface area contributed by atoms with Crippen molar-refractivity contribution in [1.29, 1.82) is 0 Å². The van der Waals surface area contributed by atoms with Crippen LogP contribution in [0, 0.1) is 0 Å². The number of H-pyrrole nitrogens is 2. The van der Waals surface area contributed by atoms with E-state index in [4.69, 9.17) is 0 Å². The van der Waals surface area contributed by atoms with Crippen LogP contribution in [-0.2, 0) is 12.7 Å². The summed E-state index contributed by atoms with van der Waals surface area (Å²) in [5.74, 6) is -1.02. The zero-order valence-corrected chi connectivity index (χ0v) is 17.2. The molecule has 0 aliphatic heterocycles. The van der Waals surface area contributed by atoms with Crippen molar-refractivity contribution in [2.45, 2.75) is 12.7 Å². The molecule has 0 aliphatic rings. The highest BCUT2D eigenvalue weighted by Gasteiger charge is 2.34. The molecule has 0 aliphatic carbocycles. The minimum atomic E-state index is -4.74. The Hall–Kier alpha value is -4.35. The molecule has 3 heterocycles. The van der Waals surface area contributed by atoms with Crippen molar-refractivity contribution in [2.75, 3.05) is 12.4 Å². The van der Waals surface area contributed by atoms with Gasteiger partial charge in [-0.25, -0.2) is 0 Å². The maximum atomic E-state index is 13.3. The molecule has 170 valence electrons. The smallest absolute Gasteiger partial charge is 0.419 e. The van der Waals surface area contributed by atoms with Gasteiger partial charge in [-0.2, -0.15) is 23.4 Å². The number of alkyl halides is 3. The minimum absolute atomic E-state index is 0.153. The number of carbonyl (C=O) groups excluding carboxylic acids is 1. The molecular formula is C21H18F3N7O2. The summed E-state index contributed by atoms with van der Waals surface area (Å²) in [5, 5.41) is 28.8. The third-order valence-corrected chi connectivity index (χ3v) is 4.87. The standard InChI is InChI=1S/C21H18F3N7O2/c1-25-19-17(12-2-3-16(32)13(8-12)21(22,23)24)18(30-31-19)14-9-15(29-28-14)20(33)27-10-11-4-6-26-7-5-11/h2-9,32H,10H2,1H3,(H,27,33)(H,28,29)(H2,25,30,31). The molecule has 0 saturated heterocycles. The van der Waals surface area contributed by atoms with Crippen LogP contribution < -0.4 is 10.6 Å². The Kier molecular flexibility index (Phi) is 5.73. The molecule has 1 amide bonds. The lowest BCUT2D eigenvalue weighted by atomic mass is 10.0. The molecule has 33 heavy (non-hydrogen) atoms. The molecule has 0 unspecified atom stereocenters. The number of phenolic OH excluding ortho intramolecular Hbond substituents is 1. The van der Waals surface area contributed by atoms with Gasteiger partial charge >= 0.3 is 6.18 Å². The van der Waals surface area contributed by atoms with Crippen molar-refractivity contribution in [1.82, 2.24) is 30.7 Å². The van der Waals surface area contributed by atoms with E-state index in [-0.39, 0.29) is 29.3 Å². The number of benzene rings is 1. The predicted molar refractivity (Wildman–Crippen MR) is 113 cm³/mol. The molecule has 0 bridgehead atoms.